The summed E-state index contributed by atoms with van der Waals surface area (Å²) < 4.78 is 0. The Morgan fingerprint density at radius 1 is 1.63 bits per heavy atom. The normalized spacial score (nSPS) is 14.6. The van der Waals surface area contributed by atoms with Gasteiger partial charge in [-0.2, -0.15) is 5.26 Å². The fourth-order valence-electron chi connectivity index (χ4n) is 1.96. The standard InChI is InChI=1S/C11H11N5O3/c1-2-14-7-15(6-9(14)17)11-10(16(18)19)8(5-12)3-4-13-11/h3-4H,2,6-7H2,1H3. The van der Waals surface area contributed by atoms with Crippen molar-refractivity contribution in [3.8, 4) is 6.07 Å². The molecule has 0 aromatic carbocycles. The topological polar surface area (TPSA) is 103 Å². The maximum Gasteiger partial charge on any atom is 0.329 e. The van der Waals surface area contributed by atoms with Gasteiger partial charge in [0.25, 0.3) is 0 Å². The maximum absolute atomic E-state index is 11.6. The van der Waals surface area contributed by atoms with Crippen molar-refractivity contribution in [2.24, 2.45) is 0 Å². The van der Waals surface area contributed by atoms with Crippen LogP contribution in [0.5, 0.6) is 0 Å². The van der Waals surface area contributed by atoms with Gasteiger partial charge >= 0.3 is 5.69 Å². The fraction of sp³-hybridized carbons (Fsp3) is 0.364. The zero-order valence-electron chi connectivity index (χ0n) is 10.2. The summed E-state index contributed by atoms with van der Waals surface area (Å²) in [6.07, 6.45) is 1.33. The Bertz CT molecular complexity index is 580. The lowest BCUT2D eigenvalue weighted by molar-refractivity contribution is -0.384. The van der Waals surface area contributed by atoms with E-state index in [1.54, 1.807) is 11.0 Å². The average Bonchev–Trinajstić information content (AvgIpc) is 2.78. The highest BCUT2D eigenvalue weighted by Gasteiger charge is 2.33. The van der Waals surface area contributed by atoms with E-state index in [0.29, 0.717) is 6.54 Å². The first-order valence-electron chi connectivity index (χ1n) is 5.64. The second-order valence-corrected chi connectivity index (χ2v) is 3.99. The highest BCUT2D eigenvalue weighted by molar-refractivity contribution is 5.85. The number of carbonyl (C=O) groups excluding carboxylic acids is 1. The molecule has 2 rings (SSSR count). The van der Waals surface area contributed by atoms with Crippen LogP contribution in [-0.4, -0.2) is 40.5 Å². The Kier molecular flexibility index (Phi) is 3.29. The first kappa shape index (κ1) is 12.8. The number of pyridine rings is 1. The average molecular weight is 261 g/mol. The second-order valence-electron chi connectivity index (χ2n) is 3.99. The van der Waals surface area contributed by atoms with E-state index >= 15 is 0 Å². The summed E-state index contributed by atoms with van der Waals surface area (Å²) in [5, 5.41) is 20.0. The summed E-state index contributed by atoms with van der Waals surface area (Å²) in [7, 11) is 0. The first-order valence-corrected chi connectivity index (χ1v) is 5.64. The van der Waals surface area contributed by atoms with Gasteiger partial charge in [-0.15, -0.1) is 0 Å². The molecule has 1 fully saturated rings. The minimum atomic E-state index is -0.639. The van der Waals surface area contributed by atoms with Crippen molar-refractivity contribution < 1.29 is 9.72 Å². The molecule has 0 N–H and O–H groups in total. The molecule has 1 saturated heterocycles. The number of hydrogen-bond acceptors (Lipinski definition) is 6. The van der Waals surface area contributed by atoms with Crippen molar-refractivity contribution in [2.75, 3.05) is 24.7 Å². The highest BCUT2D eigenvalue weighted by Crippen LogP contribution is 2.30. The Labute approximate surface area is 109 Å². The van der Waals surface area contributed by atoms with Gasteiger partial charge in [-0.3, -0.25) is 14.9 Å². The van der Waals surface area contributed by atoms with Crippen LogP contribution in [0.15, 0.2) is 12.3 Å². The quantitative estimate of drug-likeness (QED) is 0.579. The molecule has 0 aliphatic carbocycles. The SMILES string of the molecule is CCN1CN(c2nccc(C#N)c2[N+](=O)[O-])CC1=O. The molecular formula is C11H11N5O3. The van der Waals surface area contributed by atoms with Crippen LogP contribution < -0.4 is 4.90 Å². The monoisotopic (exact) mass is 261 g/mol. The molecule has 0 atom stereocenters. The smallest absolute Gasteiger partial charge is 0.324 e. The maximum atomic E-state index is 11.6. The Morgan fingerprint density at radius 2 is 2.37 bits per heavy atom. The van der Waals surface area contributed by atoms with Crippen LogP contribution in [0.1, 0.15) is 12.5 Å². The number of nitriles is 1. The lowest BCUT2D eigenvalue weighted by Crippen LogP contribution is -2.27. The van der Waals surface area contributed by atoms with Crippen LogP contribution in [0.4, 0.5) is 11.5 Å². The predicted octanol–water partition coefficient (Wildman–Crippen LogP) is 0.487. The largest absolute Gasteiger partial charge is 0.329 e. The minimum absolute atomic E-state index is 0.0383. The van der Waals surface area contributed by atoms with Crippen molar-refractivity contribution in [1.29, 1.82) is 5.26 Å². The van der Waals surface area contributed by atoms with Crippen LogP contribution in [0.3, 0.4) is 0 Å². The van der Waals surface area contributed by atoms with Gasteiger partial charge < -0.3 is 9.80 Å². The van der Waals surface area contributed by atoms with E-state index in [4.69, 9.17) is 5.26 Å². The molecule has 2 heterocycles. The van der Waals surface area contributed by atoms with Crippen LogP contribution >= 0.6 is 0 Å². The molecule has 98 valence electrons. The van der Waals surface area contributed by atoms with E-state index in [1.807, 2.05) is 6.92 Å². The molecule has 0 spiro atoms. The summed E-state index contributed by atoms with van der Waals surface area (Å²) in [5.74, 6) is -0.0469. The molecule has 1 aliphatic rings. The highest BCUT2D eigenvalue weighted by atomic mass is 16.6. The van der Waals surface area contributed by atoms with Crippen molar-refractivity contribution in [3.63, 3.8) is 0 Å². The summed E-state index contributed by atoms with van der Waals surface area (Å²) in [6.45, 7) is 2.64. The van der Waals surface area contributed by atoms with Gasteiger partial charge in [-0.25, -0.2) is 4.98 Å². The number of hydrogen-bond donors (Lipinski definition) is 0. The van der Waals surface area contributed by atoms with Crippen LogP contribution in [0, 0.1) is 21.4 Å². The predicted molar refractivity (Wildman–Crippen MR) is 65.2 cm³/mol. The molecule has 8 nitrogen and oxygen atoms in total. The van der Waals surface area contributed by atoms with E-state index in [1.165, 1.54) is 17.2 Å². The van der Waals surface area contributed by atoms with Crippen molar-refractivity contribution in [3.05, 3.63) is 27.9 Å². The van der Waals surface area contributed by atoms with Gasteiger partial charge in [-0.05, 0) is 13.0 Å². The lowest BCUT2D eigenvalue weighted by Gasteiger charge is -2.17. The summed E-state index contributed by atoms with van der Waals surface area (Å²) in [5.41, 5.74) is -0.409. The number of carbonyl (C=O) groups is 1. The molecular weight excluding hydrogens is 250 g/mol. The number of anilines is 1. The third-order valence-electron chi connectivity index (χ3n) is 2.91. The molecule has 1 aliphatic heterocycles. The van der Waals surface area contributed by atoms with Crippen LogP contribution in [-0.2, 0) is 4.79 Å². The number of nitro groups is 1. The molecule has 1 aromatic heterocycles. The number of nitrogens with zero attached hydrogens (tertiary/aromatic N) is 5. The number of rotatable bonds is 3. The zero-order valence-corrected chi connectivity index (χ0v) is 10.2. The number of amides is 1. The summed E-state index contributed by atoms with van der Waals surface area (Å²) >= 11 is 0. The summed E-state index contributed by atoms with van der Waals surface area (Å²) in [6, 6.07) is 3.06. The van der Waals surface area contributed by atoms with Gasteiger partial charge in [0.05, 0.1) is 11.6 Å². The van der Waals surface area contributed by atoms with E-state index in [9.17, 15) is 14.9 Å². The fourth-order valence-corrected chi connectivity index (χ4v) is 1.96. The molecule has 8 heteroatoms. The van der Waals surface area contributed by atoms with Crippen molar-refractivity contribution in [2.45, 2.75) is 6.92 Å². The van der Waals surface area contributed by atoms with Gasteiger partial charge in [0.15, 0.2) is 0 Å². The molecule has 0 saturated carbocycles. The first-order chi connectivity index (χ1) is 9.08. The van der Waals surface area contributed by atoms with Gasteiger partial charge in [-0.1, -0.05) is 0 Å². The third kappa shape index (κ3) is 2.18. The number of likely N-dealkylation sites (N-methyl/N-ethyl adjacent to an activating group) is 1. The van der Waals surface area contributed by atoms with E-state index < -0.39 is 4.92 Å². The molecule has 1 aromatic rings. The van der Waals surface area contributed by atoms with Gasteiger partial charge in [0, 0.05) is 12.7 Å². The van der Waals surface area contributed by atoms with Crippen LogP contribution in [0.2, 0.25) is 0 Å². The molecule has 19 heavy (non-hydrogen) atoms. The van der Waals surface area contributed by atoms with E-state index in [0.717, 1.165) is 0 Å². The van der Waals surface area contributed by atoms with Crippen molar-refractivity contribution in [1.82, 2.24) is 9.88 Å². The Hall–Kier alpha value is -2.69. The molecule has 1 amide bonds. The van der Waals surface area contributed by atoms with E-state index in [-0.39, 0.29) is 36.2 Å². The Balaban J connectivity index is 2.44. The van der Waals surface area contributed by atoms with Gasteiger partial charge in [0.2, 0.25) is 11.7 Å². The molecule has 0 bridgehead atoms. The van der Waals surface area contributed by atoms with Crippen molar-refractivity contribution >= 4 is 17.4 Å². The lowest BCUT2D eigenvalue weighted by atomic mass is 10.2. The summed E-state index contributed by atoms with van der Waals surface area (Å²) in [4.78, 5) is 29.1. The van der Waals surface area contributed by atoms with Crippen LogP contribution in [0.25, 0.3) is 0 Å². The molecule has 0 unspecified atom stereocenters. The zero-order chi connectivity index (χ0) is 14.0. The minimum Gasteiger partial charge on any atom is -0.324 e. The second kappa shape index (κ2) is 4.89. The van der Waals surface area contributed by atoms with E-state index in [2.05, 4.69) is 4.98 Å². The Morgan fingerprint density at radius 3 is 2.89 bits per heavy atom. The van der Waals surface area contributed by atoms with Gasteiger partial charge in [0.1, 0.15) is 18.2 Å². The third-order valence-corrected chi connectivity index (χ3v) is 2.91. The number of aromatic nitrogens is 1. The molecule has 0 radical (unpaired) electrons.